The van der Waals surface area contributed by atoms with E-state index in [0.29, 0.717) is 5.92 Å². The Balaban J connectivity index is 2.22. The molecule has 0 amide bonds. The second kappa shape index (κ2) is 6.94. The number of nitrogens with zero attached hydrogens (tertiary/aromatic N) is 1. The number of aromatic nitrogens is 1. The Morgan fingerprint density at radius 2 is 1.95 bits per heavy atom. The van der Waals surface area contributed by atoms with E-state index in [0.717, 1.165) is 25.6 Å². The molecule has 2 nitrogen and oxygen atoms in total. The van der Waals surface area contributed by atoms with E-state index < -0.39 is 0 Å². The monoisotopic (exact) mass is 272 g/mol. The minimum atomic E-state index is 0.695. The van der Waals surface area contributed by atoms with Crippen molar-refractivity contribution in [2.75, 3.05) is 6.54 Å². The highest BCUT2D eigenvalue weighted by Crippen LogP contribution is 2.22. The zero-order chi connectivity index (χ0) is 14.5. The van der Waals surface area contributed by atoms with Gasteiger partial charge in [-0.05, 0) is 35.4 Å². The molecule has 0 aliphatic heterocycles. The molecule has 2 rings (SSSR count). The fraction of sp³-hybridized carbons (Fsp3) is 0.556. The molecule has 110 valence electrons. The topological polar surface area (TPSA) is 17.0 Å². The van der Waals surface area contributed by atoms with Gasteiger partial charge in [-0.3, -0.25) is 0 Å². The van der Waals surface area contributed by atoms with Crippen LogP contribution in [-0.4, -0.2) is 11.1 Å². The molecular weight excluding hydrogens is 244 g/mol. The smallest absolute Gasteiger partial charge is 0.0525 e. The molecule has 20 heavy (non-hydrogen) atoms. The first-order valence-electron chi connectivity index (χ1n) is 7.89. The van der Waals surface area contributed by atoms with Gasteiger partial charge in [0.15, 0.2) is 0 Å². The Hall–Kier alpha value is -1.28. The third-order valence-corrected chi connectivity index (χ3v) is 3.95. The highest BCUT2D eigenvalue weighted by molar-refractivity contribution is 5.83. The summed E-state index contributed by atoms with van der Waals surface area (Å²) in [6.45, 7) is 12.2. The summed E-state index contributed by atoms with van der Waals surface area (Å²) >= 11 is 0. The van der Waals surface area contributed by atoms with Gasteiger partial charge in [-0.1, -0.05) is 52.3 Å². The lowest BCUT2D eigenvalue weighted by atomic mass is 10.1. The largest absolute Gasteiger partial charge is 0.347 e. The predicted octanol–water partition coefficient (Wildman–Crippen LogP) is 4.43. The highest BCUT2D eigenvalue weighted by Gasteiger charge is 2.08. The summed E-state index contributed by atoms with van der Waals surface area (Å²) in [4.78, 5) is 0. The van der Waals surface area contributed by atoms with Crippen LogP contribution in [0.3, 0.4) is 0 Å². The van der Waals surface area contributed by atoms with Crippen LogP contribution in [0.2, 0.25) is 0 Å². The third-order valence-electron chi connectivity index (χ3n) is 3.95. The van der Waals surface area contributed by atoms with Gasteiger partial charge in [-0.2, -0.15) is 0 Å². The number of rotatable bonds is 7. The Kier molecular flexibility index (Phi) is 5.24. The molecule has 0 spiro atoms. The van der Waals surface area contributed by atoms with Crippen LogP contribution in [0.5, 0.6) is 0 Å². The summed E-state index contributed by atoms with van der Waals surface area (Å²) in [7, 11) is 0. The SMILES string of the molecule is CCC(C)Cn1ccc2cccc(CNCC(C)C)c21. The summed E-state index contributed by atoms with van der Waals surface area (Å²) in [6, 6.07) is 8.88. The quantitative estimate of drug-likeness (QED) is 0.789. The number of nitrogens with one attached hydrogen (secondary N) is 1. The number of fused-ring (bicyclic) bond motifs is 1. The van der Waals surface area contributed by atoms with Crippen molar-refractivity contribution in [1.82, 2.24) is 9.88 Å². The van der Waals surface area contributed by atoms with Crippen molar-refractivity contribution in [2.24, 2.45) is 11.8 Å². The molecule has 0 saturated carbocycles. The number of hydrogen-bond acceptors (Lipinski definition) is 1. The summed E-state index contributed by atoms with van der Waals surface area (Å²) in [5, 5.41) is 4.92. The predicted molar refractivity (Wildman–Crippen MR) is 87.9 cm³/mol. The van der Waals surface area contributed by atoms with Crippen LogP contribution in [-0.2, 0) is 13.1 Å². The van der Waals surface area contributed by atoms with Gasteiger partial charge < -0.3 is 9.88 Å². The number of hydrogen-bond donors (Lipinski definition) is 1. The van der Waals surface area contributed by atoms with Crippen LogP contribution in [0.25, 0.3) is 10.9 Å². The summed E-state index contributed by atoms with van der Waals surface area (Å²) in [5.74, 6) is 1.42. The second-order valence-electron chi connectivity index (χ2n) is 6.36. The Labute approximate surface area is 123 Å². The third kappa shape index (κ3) is 3.63. The average molecular weight is 272 g/mol. The molecular formula is C18H28N2. The van der Waals surface area contributed by atoms with Crippen molar-refractivity contribution in [3.63, 3.8) is 0 Å². The Morgan fingerprint density at radius 1 is 1.15 bits per heavy atom. The first-order chi connectivity index (χ1) is 9.61. The minimum Gasteiger partial charge on any atom is -0.347 e. The van der Waals surface area contributed by atoms with E-state index >= 15 is 0 Å². The van der Waals surface area contributed by atoms with Crippen molar-refractivity contribution >= 4 is 10.9 Å². The molecule has 0 bridgehead atoms. The van der Waals surface area contributed by atoms with E-state index in [-0.39, 0.29) is 0 Å². The molecule has 0 aliphatic carbocycles. The molecule has 0 saturated heterocycles. The highest BCUT2D eigenvalue weighted by atomic mass is 15.0. The standard InChI is InChI=1S/C18H28N2/c1-5-15(4)13-20-10-9-16-7-6-8-17(18(16)20)12-19-11-14(2)3/h6-10,14-15,19H,5,11-13H2,1-4H3. The maximum Gasteiger partial charge on any atom is 0.0525 e. The molecule has 2 aromatic rings. The van der Waals surface area contributed by atoms with Crippen LogP contribution in [0.1, 0.15) is 39.7 Å². The molecule has 1 aromatic carbocycles. The Morgan fingerprint density at radius 3 is 2.65 bits per heavy atom. The van der Waals surface area contributed by atoms with E-state index in [4.69, 9.17) is 0 Å². The van der Waals surface area contributed by atoms with Crippen molar-refractivity contribution in [2.45, 2.75) is 47.2 Å². The minimum absolute atomic E-state index is 0.695. The fourth-order valence-electron chi connectivity index (χ4n) is 2.60. The summed E-state index contributed by atoms with van der Waals surface area (Å²) in [6.07, 6.45) is 3.47. The van der Waals surface area contributed by atoms with Gasteiger partial charge in [-0.15, -0.1) is 0 Å². The van der Waals surface area contributed by atoms with Crippen LogP contribution < -0.4 is 5.32 Å². The lowest BCUT2D eigenvalue weighted by Crippen LogP contribution is -2.19. The van der Waals surface area contributed by atoms with E-state index in [1.165, 1.54) is 22.9 Å². The van der Waals surface area contributed by atoms with Gasteiger partial charge in [0.05, 0.1) is 5.52 Å². The molecule has 1 atom stereocenters. The molecule has 0 radical (unpaired) electrons. The van der Waals surface area contributed by atoms with Gasteiger partial charge in [-0.25, -0.2) is 0 Å². The number of benzene rings is 1. The molecule has 0 aliphatic rings. The molecule has 1 heterocycles. The molecule has 0 fully saturated rings. The van der Waals surface area contributed by atoms with Crippen molar-refractivity contribution in [3.8, 4) is 0 Å². The summed E-state index contributed by atoms with van der Waals surface area (Å²) < 4.78 is 2.43. The van der Waals surface area contributed by atoms with Crippen LogP contribution >= 0.6 is 0 Å². The van der Waals surface area contributed by atoms with Gasteiger partial charge in [0.1, 0.15) is 0 Å². The van der Waals surface area contributed by atoms with Crippen molar-refractivity contribution < 1.29 is 0 Å². The lowest BCUT2D eigenvalue weighted by Gasteiger charge is -2.14. The van der Waals surface area contributed by atoms with E-state index in [1.807, 2.05) is 0 Å². The molecule has 1 aromatic heterocycles. The lowest BCUT2D eigenvalue weighted by molar-refractivity contribution is 0.476. The first kappa shape index (κ1) is 15.1. The zero-order valence-corrected chi connectivity index (χ0v) is 13.3. The van der Waals surface area contributed by atoms with Crippen LogP contribution in [0.15, 0.2) is 30.5 Å². The Bertz CT molecular complexity index is 539. The number of para-hydroxylation sites is 1. The van der Waals surface area contributed by atoms with Gasteiger partial charge >= 0.3 is 0 Å². The van der Waals surface area contributed by atoms with Gasteiger partial charge in [0.25, 0.3) is 0 Å². The van der Waals surface area contributed by atoms with Gasteiger partial charge in [0, 0.05) is 19.3 Å². The van der Waals surface area contributed by atoms with Crippen LogP contribution in [0, 0.1) is 11.8 Å². The van der Waals surface area contributed by atoms with Crippen LogP contribution in [0.4, 0.5) is 0 Å². The maximum absolute atomic E-state index is 3.56. The summed E-state index contributed by atoms with van der Waals surface area (Å²) in [5.41, 5.74) is 2.82. The average Bonchev–Trinajstić information content (AvgIpc) is 2.82. The van der Waals surface area contributed by atoms with E-state index in [9.17, 15) is 0 Å². The van der Waals surface area contributed by atoms with Gasteiger partial charge in [0.2, 0.25) is 0 Å². The van der Waals surface area contributed by atoms with Crippen molar-refractivity contribution in [1.29, 1.82) is 0 Å². The molecule has 2 heteroatoms. The maximum atomic E-state index is 3.56. The van der Waals surface area contributed by atoms with Crippen molar-refractivity contribution in [3.05, 3.63) is 36.0 Å². The zero-order valence-electron chi connectivity index (χ0n) is 13.3. The fourth-order valence-corrected chi connectivity index (χ4v) is 2.60. The normalized spacial score (nSPS) is 13.2. The molecule has 1 N–H and O–H groups in total. The second-order valence-corrected chi connectivity index (χ2v) is 6.36. The van der Waals surface area contributed by atoms with E-state index in [2.05, 4.69) is 68.0 Å². The van der Waals surface area contributed by atoms with E-state index in [1.54, 1.807) is 0 Å². The molecule has 1 unspecified atom stereocenters. The first-order valence-corrected chi connectivity index (χ1v) is 7.89.